The molecule has 0 unspecified atom stereocenters. The predicted octanol–water partition coefficient (Wildman–Crippen LogP) is 0.770. The van der Waals surface area contributed by atoms with E-state index in [1.807, 2.05) is 0 Å². The maximum absolute atomic E-state index is 8.72. The van der Waals surface area contributed by atoms with Crippen LogP contribution < -0.4 is 0 Å². The molecule has 0 saturated carbocycles. The van der Waals surface area contributed by atoms with E-state index in [4.69, 9.17) is 4.91 Å². The number of halogens is 1. The molecule has 0 bridgehead atoms. The van der Waals surface area contributed by atoms with Crippen LogP contribution in [-0.4, -0.2) is 0 Å². The van der Waals surface area contributed by atoms with Crippen molar-refractivity contribution < 1.29 is 9.43 Å². The predicted molar refractivity (Wildman–Crippen MR) is 13.8 cm³/mol. The fraction of sp³-hybridized carbons (Fsp3) is 0. The van der Waals surface area contributed by atoms with Crippen molar-refractivity contribution in [2.75, 3.05) is 0 Å². The van der Waals surface area contributed by atoms with Gasteiger partial charge in [-0.25, -0.2) is 0 Å². The second kappa shape index (κ2) is 3.65. The zero-order chi connectivity index (χ0) is 4.12. The minimum absolute atomic E-state index is 1.75. The molecular weight excluding hydrogens is 97.5 g/mol. The highest BCUT2D eigenvalue weighted by molar-refractivity contribution is 6.06. The number of hydrogen-bond donors (Lipinski definition) is 0. The molecule has 0 spiro atoms. The van der Waals surface area contributed by atoms with E-state index in [2.05, 4.69) is 21.3 Å². The molecule has 5 heavy (non-hydrogen) atoms. The summed E-state index contributed by atoms with van der Waals surface area (Å²) in [4.78, 5) is 11.9. The second-order valence-electron chi connectivity index (χ2n) is 0.212. The summed E-state index contributed by atoms with van der Waals surface area (Å²) >= 11 is 4.29. The summed E-state index contributed by atoms with van der Waals surface area (Å²) in [6, 6.07) is 0. The van der Waals surface area contributed by atoms with Crippen molar-refractivity contribution in [3.63, 3.8) is 0 Å². The van der Waals surface area contributed by atoms with Gasteiger partial charge >= 0.3 is 0 Å². The van der Waals surface area contributed by atoms with Crippen LogP contribution in [0.15, 0.2) is 5.34 Å². The van der Waals surface area contributed by atoms with Crippen molar-refractivity contribution >= 4 is 11.9 Å². The van der Waals surface area contributed by atoms with E-state index in [9.17, 15) is 0 Å². The van der Waals surface area contributed by atoms with E-state index < -0.39 is 0 Å². The molecule has 0 amide bonds. The molecule has 0 N–H and O–H groups in total. The molecule has 0 aliphatic heterocycles. The molecule has 0 radical (unpaired) electrons. The summed E-state index contributed by atoms with van der Waals surface area (Å²) in [6.45, 7) is 0. The minimum Gasteiger partial charge on any atom is -0.162 e. The third-order valence-electron chi connectivity index (χ3n) is 0.0586. The first-order valence-electron chi connectivity index (χ1n) is 0.686. The smallest absolute Gasteiger partial charge is 0.162 e. The lowest BCUT2D eigenvalue weighted by Crippen LogP contribution is -1.62. The quantitative estimate of drug-likeness (QED) is 0.290. The van der Waals surface area contributed by atoms with Crippen molar-refractivity contribution in [2.45, 2.75) is 0 Å². The summed E-state index contributed by atoms with van der Waals surface area (Å²) in [5.41, 5.74) is 0. The molecule has 0 aromatic rings. The Bertz CT molecular complexity index is 28.1. The number of hydrogen-bond acceptors (Lipinski definition) is 4. The van der Waals surface area contributed by atoms with Gasteiger partial charge in [0, 0.05) is 0 Å². The second-order valence-corrected chi connectivity index (χ2v) is 0.338. The van der Waals surface area contributed by atoms with Crippen molar-refractivity contribution in [3.8, 4) is 0 Å². The zero-order valence-electron chi connectivity index (χ0n) is 2.05. The molecule has 0 aliphatic carbocycles. The largest absolute Gasteiger partial charge is 0.192 e. The van der Waals surface area contributed by atoms with Crippen LogP contribution in [0, 0.1) is 4.91 Å². The third-order valence-corrected chi connectivity index (χ3v) is 0.115. The first kappa shape index (κ1) is 4.65. The highest BCUT2D eigenvalue weighted by Gasteiger charge is 1.65. The lowest BCUT2D eigenvalue weighted by molar-refractivity contribution is -0.205. The SMILES string of the molecule is O=NOOCl. The van der Waals surface area contributed by atoms with Crippen LogP contribution >= 0.6 is 11.9 Å². The molecule has 30 valence electrons. The van der Waals surface area contributed by atoms with Gasteiger partial charge in [0.05, 0.1) is 0 Å². The highest BCUT2D eigenvalue weighted by atomic mass is 35.5. The molecule has 0 aromatic heterocycles. The van der Waals surface area contributed by atoms with E-state index >= 15 is 0 Å². The summed E-state index contributed by atoms with van der Waals surface area (Å²) < 4.78 is 3.18. The summed E-state index contributed by atoms with van der Waals surface area (Å²) in [6.07, 6.45) is 0. The van der Waals surface area contributed by atoms with E-state index in [0.717, 1.165) is 0 Å². The zero-order valence-corrected chi connectivity index (χ0v) is 2.81. The fourth-order valence-electron chi connectivity index (χ4n) is 0.0115. The Morgan fingerprint density at radius 2 is 2.40 bits per heavy atom. The van der Waals surface area contributed by atoms with E-state index in [0.29, 0.717) is 0 Å². The Kier molecular flexibility index (Phi) is 3.39. The molecule has 0 atom stereocenters. The Morgan fingerprint density at radius 3 is 2.40 bits per heavy atom. The van der Waals surface area contributed by atoms with Gasteiger partial charge in [0.1, 0.15) is 11.9 Å². The van der Waals surface area contributed by atoms with E-state index in [-0.39, 0.29) is 0 Å². The molecule has 0 heterocycles. The first-order chi connectivity index (χ1) is 2.41. The van der Waals surface area contributed by atoms with E-state index in [1.165, 1.54) is 0 Å². The van der Waals surface area contributed by atoms with Crippen LogP contribution in [-0.2, 0) is 9.43 Å². The Balaban J connectivity index is 2.40. The normalized spacial score (nSPS) is 6.60. The van der Waals surface area contributed by atoms with E-state index in [1.54, 1.807) is 5.34 Å². The van der Waals surface area contributed by atoms with Gasteiger partial charge in [-0.2, -0.15) is 4.99 Å². The Hall–Kier alpha value is -0.350. The molecule has 0 fully saturated rings. The molecular formula is ClNO3. The van der Waals surface area contributed by atoms with Crippen molar-refractivity contribution in [1.29, 1.82) is 0 Å². The average Bonchev–Trinajstić information content (AvgIpc) is 1.41. The summed E-state index contributed by atoms with van der Waals surface area (Å²) in [5, 5.41) is 1.75. The van der Waals surface area contributed by atoms with Crippen LogP contribution in [0.3, 0.4) is 0 Å². The maximum Gasteiger partial charge on any atom is 0.192 e. The molecule has 0 rings (SSSR count). The third kappa shape index (κ3) is 3.65. The lowest BCUT2D eigenvalue weighted by Gasteiger charge is -1.70. The van der Waals surface area contributed by atoms with Crippen LogP contribution in [0.1, 0.15) is 0 Å². The fourth-order valence-corrected chi connectivity index (χ4v) is 0.0345. The van der Waals surface area contributed by atoms with Crippen LogP contribution in [0.4, 0.5) is 0 Å². The van der Waals surface area contributed by atoms with Gasteiger partial charge in [-0.15, -0.1) is 4.91 Å². The van der Waals surface area contributed by atoms with Crippen molar-refractivity contribution in [2.24, 2.45) is 5.34 Å². The van der Waals surface area contributed by atoms with Crippen molar-refractivity contribution in [1.82, 2.24) is 0 Å². The van der Waals surface area contributed by atoms with Gasteiger partial charge in [-0.3, -0.25) is 0 Å². The Morgan fingerprint density at radius 1 is 1.80 bits per heavy atom. The van der Waals surface area contributed by atoms with Gasteiger partial charge in [0.25, 0.3) is 0 Å². The summed E-state index contributed by atoms with van der Waals surface area (Å²) in [5.74, 6) is 0. The van der Waals surface area contributed by atoms with Crippen molar-refractivity contribution in [3.05, 3.63) is 4.91 Å². The average molecular weight is 97.5 g/mol. The lowest BCUT2D eigenvalue weighted by atomic mass is 13.4. The summed E-state index contributed by atoms with van der Waals surface area (Å²) in [7, 11) is 0. The number of rotatable bonds is 2. The van der Waals surface area contributed by atoms with Gasteiger partial charge in [-0.05, 0) is 4.44 Å². The van der Waals surface area contributed by atoms with Crippen LogP contribution in [0.5, 0.6) is 0 Å². The number of nitrogens with zero attached hydrogens (tertiary/aromatic N) is 1. The Labute approximate surface area is 32.7 Å². The molecule has 0 aliphatic rings. The van der Waals surface area contributed by atoms with Gasteiger partial charge in [0.15, 0.2) is 5.34 Å². The maximum atomic E-state index is 8.72. The molecule has 5 heteroatoms. The van der Waals surface area contributed by atoms with Crippen LogP contribution in [0.25, 0.3) is 0 Å². The van der Waals surface area contributed by atoms with Gasteiger partial charge in [-0.1, -0.05) is 0 Å². The first-order valence-corrected chi connectivity index (χ1v) is 0.995. The van der Waals surface area contributed by atoms with Gasteiger partial charge in [0.2, 0.25) is 0 Å². The molecule has 4 nitrogen and oxygen atoms in total. The highest BCUT2D eigenvalue weighted by Crippen LogP contribution is 1.78. The standard InChI is InChI=1S/ClNO3/c1-4-5-2-3. The van der Waals surface area contributed by atoms with Crippen LogP contribution in [0.2, 0.25) is 0 Å². The minimum atomic E-state index is 1.75. The molecule has 0 saturated heterocycles. The van der Waals surface area contributed by atoms with Gasteiger partial charge < -0.3 is 0 Å². The molecule has 0 aromatic carbocycles. The topological polar surface area (TPSA) is 47.9 Å². The monoisotopic (exact) mass is 97.0 g/mol.